The summed E-state index contributed by atoms with van der Waals surface area (Å²) in [5.74, 6) is 1.49. The Morgan fingerprint density at radius 3 is 0.907 bits per heavy atom. The Balaban J connectivity index is -0.0000000564. The minimum atomic E-state index is -0.179. The SMILES string of the molecule is C.C.CC(C)C.CC(C)C.CCC.CCC.CCC(=O)OC(C)C(C)OC.CN=C=O.c1ccccc1.c1ccccc1. The minimum absolute atomic E-state index is 0. The molecule has 43 heavy (non-hydrogen) atoms. The number of isocyanates is 1. The lowest BCUT2D eigenvalue weighted by Crippen LogP contribution is -2.27. The number of hydrogen-bond acceptors (Lipinski definition) is 5. The van der Waals surface area contributed by atoms with E-state index in [-0.39, 0.29) is 33.0 Å². The average molecular weight is 610 g/mol. The summed E-state index contributed by atoms with van der Waals surface area (Å²) in [5.41, 5.74) is 0. The molecule has 0 bridgehead atoms. The topological polar surface area (TPSA) is 65.0 Å². The fraction of sp³-hybridized carbons (Fsp3) is 0.632. The Morgan fingerprint density at radius 2 is 0.791 bits per heavy atom. The molecule has 0 radical (unpaired) electrons. The van der Waals surface area contributed by atoms with Gasteiger partial charge >= 0.3 is 5.97 Å². The summed E-state index contributed by atoms with van der Waals surface area (Å²) < 4.78 is 9.97. The van der Waals surface area contributed by atoms with Crippen molar-refractivity contribution < 1.29 is 19.1 Å². The molecule has 0 aliphatic rings. The molecule has 0 N–H and O–H groups in total. The molecule has 0 heterocycles. The molecule has 0 aromatic heterocycles. The van der Waals surface area contributed by atoms with Crippen LogP contribution in [0.15, 0.2) is 77.8 Å². The Bertz CT molecular complexity index is 602. The molecule has 2 unspecified atom stereocenters. The van der Waals surface area contributed by atoms with Gasteiger partial charge in [-0.05, 0) is 25.7 Å². The summed E-state index contributed by atoms with van der Waals surface area (Å²) in [6.45, 7) is 27.0. The Morgan fingerprint density at radius 1 is 0.605 bits per heavy atom. The Kier molecular flexibility index (Phi) is 81.5. The lowest BCUT2D eigenvalue weighted by atomic mass is 10.2. The lowest BCUT2D eigenvalue weighted by molar-refractivity contribution is -0.153. The van der Waals surface area contributed by atoms with E-state index >= 15 is 0 Å². The molecule has 0 aliphatic heterocycles. The van der Waals surface area contributed by atoms with E-state index in [9.17, 15) is 4.79 Å². The zero-order valence-corrected chi connectivity index (χ0v) is 29.4. The number of methoxy groups -OCH3 is 1. The summed E-state index contributed by atoms with van der Waals surface area (Å²) in [7, 11) is 2.98. The standard InChI is InChI=1S/C8H16O3.2C6H6.2C4H10.2C3H8.C2H3NO.2CH4/c1-5-8(9)11-7(3)6(2)10-4;2*1-2-4-6-5-3-1;2*1-4(2)3;2*1-3-2;1-3-2-4;;/h6-7H,5H2,1-4H3;2*1-6H;2*4H,1-3H3;2*3H2,1-2H3;1H3;2*1H4. The van der Waals surface area contributed by atoms with E-state index in [0.717, 1.165) is 11.8 Å². The van der Waals surface area contributed by atoms with Crippen LogP contribution in [0.5, 0.6) is 0 Å². The molecule has 2 aromatic carbocycles. The smallest absolute Gasteiger partial charge is 0.305 e. The van der Waals surface area contributed by atoms with Gasteiger partial charge in [0.05, 0.1) is 6.10 Å². The first-order valence-corrected chi connectivity index (χ1v) is 15.0. The van der Waals surface area contributed by atoms with Crippen LogP contribution in [-0.4, -0.2) is 38.4 Å². The molecular weight excluding hydrogens is 534 g/mol. The first-order chi connectivity index (χ1) is 19.3. The van der Waals surface area contributed by atoms with Gasteiger partial charge in [0, 0.05) is 20.6 Å². The monoisotopic (exact) mass is 610 g/mol. The van der Waals surface area contributed by atoms with E-state index in [1.54, 1.807) is 14.0 Å². The van der Waals surface area contributed by atoms with E-state index in [1.165, 1.54) is 26.0 Å². The van der Waals surface area contributed by atoms with E-state index in [2.05, 4.69) is 74.2 Å². The number of carbonyl (C=O) groups excluding carboxylic acids is 2. The van der Waals surface area contributed by atoms with Crippen molar-refractivity contribution in [1.29, 1.82) is 0 Å². The van der Waals surface area contributed by atoms with E-state index < -0.39 is 0 Å². The second kappa shape index (κ2) is 58.8. The molecule has 0 amide bonds. The molecule has 2 atom stereocenters. The highest BCUT2D eigenvalue weighted by molar-refractivity contribution is 5.69. The van der Waals surface area contributed by atoms with Crippen molar-refractivity contribution in [2.24, 2.45) is 16.8 Å². The second-order valence-corrected chi connectivity index (χ2v) is 9.99. The lowest BCUT2D eigenvalue weighted by Gasteiger charge is -2.18. The fourth-order valence-corrected chi connectivity index (χ4v) is 1.35. The molecule has 256 valence electrons. The minimum Gasteiger partial charge on any atom is -0.460 e. The van der Waals surface area contributed by atoms with Crippen LogP contribution in [0.1, 0.15) is 124 Å². The van der Waals surface area contributed by atoms with E-state index in [4.69, 9.17) is 14.3 Å². The largest absolute Gasteiger partial charge is 0.460 e. The van der Waals surface area contributed by atoms with Crippen LogP contribution in [0.4, 0.5) is 0 Å². The van der Waals surface area contributed by atoms with Gasteiger partial charge < -0.3 is 9.47 Å². The molecule has 2 aromatic rings. The molecule has 0 saturated carbocycles. The summed E-state index contributed by atoms with van der Waals surface area (Å²) in [6, 6.07) is 24.0. The first-order valence-electron chi connectivity index (χ1n) is 15.0. The predicted molar refractivity (Wildman–Crippen MR) is 196 cm³/mol. The first kappa shape index (κ1) is 59.6. The number of carbonyl (C=O) groups is 1. The highest BCUT2D eigenvalue weighted by atomic mass is 16.6. The molecule has 5 heteroatoms. The molecule has 0 aliphatic carbocycles. The highest BCUT2D eigenvalue weighted by Gasteiger charge is 2.14. The van der Waals surface area contributed by atoms with Crippen molar-refractivity contribution in [3.63, 3.8) is 0 Å². The van der Waals surface area contributed by atoms with Gasteiger partial charge in [-0.15, -0.1) is 0 Å². The summed E-state index contributed by atoms with van der Waals surface area (Å²) in [4.78, 5) is 22.6. The van der Waals surface area contributed by atoms with E-state index in [1.807, 2.05) is 86.6 Å². The van der Waals surface area contributed by atoms with Crippen LogP contribution in [-0.2, 0) is 19.1 Å². The Hall–Kier alpha value is -2.75. The van der Waals surface area contributed by atoms with Gasteiger partial charge in [-0.2, -0.15) is 0 Å². The van der Waals surface area contributed by atoms with Crippen molar-refractivity contribution in [3.05, 3.63) is 72.8 Å². The van der Waals surface area contributed by atoms with E-state index in [0.29, 0.717) is 6.42 Å². The van der Waals surface area contributed by atoms with Crippen molar-refractivity contribution in [1.82, 2.24) is 0 Å². The third-order valence-corrected chi connectivity index (χ3v) is 3.06. The number of nitrogens with zero attached hydrogens (tertiary/aromatic N) is 1. The molecular formula is C38H75NO4. The normalized spacial score (nSPS) is 9.14. The zero-order valence-electron chi connectivity index (χ0n) is 29.4. The molecule has 0 saturated heterocycles. The van der Waals surface area contributed by atoms with Gasteiger partial charge in [0.1, 0.15) is 6.10 Å². The molecule has 0 fully saturated rings. The summed E-state index contributed by atoms with van der Waals surface area (Å²) in [6.07, 6.45) is 4.03. The predicted octanol–water partition coefficient (Wildman–Crippen LogP) is 12.1. The highest BCUT2D eigenvalue weighted by Crippen LogP contribution is 2.02. The summed E-state index contributed by atoms with van der Waals surface area (Å²) in [5, 5.41) is 0. The maximum absolute atomic E-state index is 10.8. The zero-order chi connectivity index (χ0) is 33.3. The maximum atomic E-state index is 10.8. The number of aliphatic imine (C=N–C) groups is 1. The number of hydrogen-bond donors (Lipinski definition) is 0. The number of esters is 1. The van der Waals surface area contributed by atoms with Crippen LogP contribution >= 0.6 is 0 Å². The molecule has 5 nitrogen and oxygen atoms in total. The third kappa shape index (κ3) is 110. The fourth-order valence-electron chi connectivity index (χ4n) is 1.35. The van der Waals surface area contributed by atoms with Crippen LogP contribution in [0, 0.1) is 11.8 Å². The number of ether oxygens (including phenoxy) is 2. The summed E-state index contributed by atoms with van der Waals surface area (Å²) >= 11 is 0. The van der Waals surface area contributed by atoms with Crippen LogP contribution in [0.2, 0.25) is 0 Å². The van der Waals surface area contributed by atoms with Gasteiger partial charge in [-0.1, -0.05) is 177 Å². The maximum Gasteiger partial charge on any atom is 0.305 e. The molecule has 0 spiro atoms. The van der Waals surface area contributed by atoms with Crippen LogP contribution in [0.25, 0.3) is 0 Å². The number of benzene rings is 2. The quantitative estimate of drug-likeness (QED) is 0.196. The van der Waals surface area contributed by atoms with Gasteiger partial charge in [0.2, 0.25) is 6.08 Å². The Labute approximate surface area is 270 Å². The van der Waals surface area contributed by atoms with Crippen molar-refractivity contribution in [2.75, 3.05) is 14.2 Å². The van der Waals surface area contributed by atoms with Crippen molar-refractivity contribution in [2.45, 2.75) is 136 Å². The average Bonchev–Trinajstić information content (AvgIpc) is 2.95. The van der Waals surface area contributed by atoms with Crippen LogP contribution < -0.4 is 0 Å². The molecule has 2 rings (SSSR count). The van der Waals surface area contributed by atoms with Crippen molar-refractivity contribution in [3.8, 4) is 0 Å². The second-order valence-electron chi connectivity index (χ2n) is 9.99. The van der Waals surface area contributed by atoms with Gasteiger partial charge in [0.15, 0.2) is 0 Å². The van der Waals surface area contributed by atoms with Gasteiger partial charge in [-0.25, -0.2) is 9.79 Å². The van der Waals surface area contributed by atoms with Gasteiger partial charge in [0.25, 0.3) is 0 Å². The van der Waals surface area contributed by atoms with Gasteiger partial charge in [-0.3, -0.25) is 4.79 Å². The van der Waals surface area contributed by atoms with Crippen LogP contribution in [0.3, 0.4) is 0 Å². The number of rotatable bonds is 4. The third-order valence-electron chi connectivity index (χ3n) is 3.06. The van der Waals surface area contributed by atoms with Crippen molar-refractivity contribution >= 4 is 12.0 Å².